The lowest BCUT2D eigenvalue weighted by atomic mass is 10.2. The number of amides is 1. The van der Waals surface area contributed by atoms with E-state index < -0.39 is 0 Å². The summed E-state index contributed by atoms with van der Waals surface area (Å²) in [6, 6.07) is 16.5. The number of ether oxygens (including phenoxy) is 1. The summed E-state index contributed by atoms with van der Waals surface area (Å²) in [5.41, 5.74) is 3.74. The van der Waals surface area contributed by atoms with Crippen molar-refractivity contribution >= 4 is 12.1 Å². The maximum Gasteiger partial charge on any atom is 0.271 e. The van der Waals surface area contributed by atoms with Gasteiger partial charge in [-0.3, -0.25) is 4.79 Å². The number of hydrazone groups is 1. The van der Waals surface area contributed by atoms with Crippen LogP contribution < -0.4 is 10.2 Å². The number of rotatable bonds is 4. The number of hydrogen-bond donors (Lipinski definition) is 1. The molecule has 0 aliphatic carbocycles. The first-order chi connectivity index (χ1) is 10.4. The molecule has 0 saturated heterocycles. The average molecular weight is 296 g/mol. The number of nitrogens with one attached hydrogen (secondary N) is 1. The van der Waals surface area contributed by atoms with Crippen LogP contribution >= 0.6 is 0 Å². The predicted molar refractivity (Wildman–Crippen MR) is 88.3 cm³/mol. The Labute approximate surface area is 130 Å². The summed E-state index contributed by atoms with van der Waals surface area (Å²) in [5.74, 6) is 0.572. The van der Waals surface area contributed by atoms with Crippen molar-refractivity contribution in [3.8, 4) is 5.75 Å². The number of carbonyl (C=O) groups is 1. The van der Waals surface area contributed by atoms with Crippen molar-refractivity contribution in [3.63, 3.8) is 0 Å². The van der Waals surface area contributed by atoms with Crippen molar-refractivity contribution in [2.24, 2.45) is 5.10 Å². The Bertz CT molecular complexity index is 641. The first-order valence-corrected chi connectivity index (χ1v) is 7.11. The van der Waals surface area contributed by atoms with E-state index >= 15 is 0 Å². The molecule has 0 spiro atoms. The van der Waals surface area contributed by atoms with E-state index in [-0.39, 0.29) is 11.5 Å². The van der Waals surface area contributed by atoms with Crippen molar-refractivity contribution in [1.82, 2.24) is 5.43 Å². The third-order valence-electron chi connectivity index (χ3n) is 2.72. The monoisotopic (exact) mass is 296 g/mol. The first-order valence-electron chi connectivity index (χ1n) is 7.11. The summed E-state index contributed by atoms with van der Waals surface area (Å²) in [4.78, 5) is 11.8. The second-order valence-corrected chi connectivity index (χ2v) is 5.85. The second kappa shape index (κ2) is 6.89. The molecule has 0 fully saturated rings. The molecule has 0 radical (unpaired) electrons. The van der Waals surface area contributed by atoms with Crippen LogP contribution in [-0.2, 0) is 0 Å². The molecule has 0 unspecified atom stereocenters. The third kappa shape index (κ3) is 5.05. The van der Waals surface area contributed by atoms with Crippen molar-refractivity contribution in [2.45, 2.75) is 26.4 Å². The molecule has 1 N–H and O–H groups in total. The third-order valence-corrected chi connectivity index (χ3v) is 2.72. The smallest absolute Gasteiger partial charge is 0.271 e. The Hall–Kier alpha value is -2.62. The molecule has 1 amide bonds. The van der Waals surface area contributed by atoms with Gasteiger partial charge in [0.05, 0.1) is 6.21 Å². The van der Waals surface area contributed by atoms with E-state index in [1.165, 1.54) is 0 Å². The van der Waals surface area contributed by atoms with Gasteiger partial charge in [0.15, 0.2) is 0 Å². The maximum absolute atomic E-state index is 11.8. The molecule has 0 aliphatic heterocycles. The molecule has 0 heterocycles. The quantitative estimate of drug-likeness (QED) is 0.692. The Balaban J connectivity index is 1.92. The molecule has 0 bridgehead atoms. The highest BCUT2D eigenvalue weighted by Gasteiger charge is 2.11. The van der Waals surface area contributed by atoms with Crippen molar-refractivity contribution in [2.75, 3.05) is 0 Å². The van der Waals surface area contributed by atoms with Crippen LogP contribution in [0.4, 0.5) is 0 Å². The van der Waals surface area contributed by atoms with E-state index in [9.17, 15) is 4.79 Å². The topological polar surface area (TPSA) is 50.7 Å². The van der Waals surface area contributed by atoms with Gasteiger partial charge in [0.1, 0.15) is 11.4 Å². The van der Waals surface area contributed by atoms with Crippen LogP contribution in [0.25, 0.3) is 0 Å². The number of hydrogen-bond acceptors (Lipinski definition) is 3. The fourth-order valence-electron chi connectivity index (χ4n) is 1.80. The molecule has 22 heavy (non-hydrogen) atoms. The van der Waals surface area contributed by atoms with Crippen LogP contribution in [-0.4, -0.2) is 17.7 Å². The van der Waals surface area contributed by atoms with Gasteiger partial charge in [-0.05, 0) is 62.7 Å². The van der Waals surface area contributed by atoms with Crippen LogP contribution in [0.3, 0.4) is 0 Å². The lowest BCUT2D eigenvalue weighted by Crippen LogP contribution is -2.22. The maximum atomic E-state index is 11.8. The molecule has 4 heteroatoms. The van der Waals surface area contributed by atoms with Crippen molar-refractivity contribution < 1.29 is 9.53 Å². The SMILES string of the molecule is CC(C)(C)Oc1ccc(/C=N/NC(=O)c2ccccc2)cc1. The van der Waals surface area contributed by atoms with Gasteiger partial charge < -0.3 is 4.74 Å². The summed E-state index contributed by atoms with van der Waals surface area (Å²) in [7, 11) is 0. The molecule has 2 aromatic carbocycles. The van der Waals surface area contributed by atoms with Gasteiger partial charge in [-0.15, -0.1) is 0 Å². The van der Waals surface area contributed by atoms with Crippen LogP contribution in [0, 0.1) is 0 Å². The number of carbonyl (C=O) groups excluding carboxylic acids is 1. The normalized spacial score (nSPS) is 11.4. The largest absolute Gasteiger partial charge is 0.488 e. The fraction of sp³-hybridized carbons (Fsp3) is 0.222. The summed E-state index contributed by atoms with van der Waals surface area (Å²) >= 11 is 0. The van der Waals surface area contributed by atoms with Gasteiger partial charge in [0, 0.05) is 5.56 Å². The lowest BCUT2D eigenvalue weighted by molar-refractivity contribution is 0.0955. The molecule has 2 aromatic rings. The Kier molecular flexibility index (Phi) is 4.94. The van der Waals surface area contributed by atoms with Gasteiger partial charge in [0.25, 0.3) is 5.91 Å². The van der Waals surface area contributed by atoms with Gasteiger partial charge in [-0.1, -0.05) is 18.2 Å². The lowest BCUT2D eigenvalue weighted by Gasteiger charge is -2.21. The minimum atomic E-state index is -0.232. The van der Waals surface area contributed by atoms with E-state index in [1.807, 2.05) is 63.2 Å². The van der Waals surface area contributed by atoms with Crippen molar-refractivity contribution in [1.29, 1.82) is 0 Å². The Morgan fingerprint density at radius 3 is 2.27 bits per heavy atom. The zero-order chi connectivity index (χ0) is 16.0. The van der Waals surface area contributed by atoms with Gasteiger partial charge in [0.2, 0.25) is 0 Å². The summed E-state index contributed by atoms with van der Waals surface area (Å²) in [6.07, 6.45) is 1.60. The molecule has 4 nitrogen and oxygen atoms in total. The minimum Gasteiger partial charge on any atom is -0.488 e. The van der Waals surface area contributed by atoms with Crippen LogP contribution in [0.2, 0.25) is 0 Å². The van der Waals surface area contributed by atoms with E-state index in [4.69, 9.17) is 4.74 Å². The van der Waals surface area contributed by atoms with Crippen LogP contribution in [0.1, 0.15) is 36.7 Å². The summed E-state index contributed by atoms with van der Waals surface area (Å²) < 4.78 is 5.74. The van der Waals surface area contributed by atoms with E-state index in [0.29, 0.717) is 5.56 Å². The van der Waals surface area contributed by atoms with E-state index in [1.54, 1.807) is 18.3 Å². The number of benzene rings is 2. The standard InChI is InChI=1S/C18H20N2O2/c1-18(2,3)22-16-11-9-14(10-12-16)13-19-20-17(21)15-7-5-4-6-8-15/h4-13H,1-3H3,(H,20,21)/b19-13+. The van der Waals surface area contributed by atoms with E-state index in [0.717, 1.165) is 11.3 Å². The second-order valence-electron chi connectivity index (χ2n) is 5.85. The van der Waals surface area contributed by atoms with Crippen LogP contribution in [0.5, 0.6) is 5.75 Å². The predicted octanol–water partition coefficient (Wildman–Crippen LogP) is 3.63. The zero-order valence-electron chi connectivity index (χ0n) is 13.0. The molecular weight excluding hydrogens is 276 g/mol. The zero-order valence-corrected chi connectivity index (χ0v) is 13.0. The molecular formula is C18H20N2O2. The van der Waals surface area contributed by atoms with Gasteiger partial charge >= 0.3 is 0 Å². The molecule has 0 aromatic heterocycles. The highest BCUT2D eigenvalue weighted by molar-refractivity contribution is 5.94. The Morgan fingerprint density at radius 1 is 1.05 bits per heavy atom. The van der Waals surface area contributed by atoms with Crippen molar-refractivity contribution in [3.05, 3.63) is 65.7 Å². The molecule has 0 atom stereocenters. The summed E-state index contributed by atoms with van der Waals surface area (Å²) in [6.45, 7) is 6.00. The van der Waals surface area contributed by atoms with Gasteiger partial charge in [-0.25, -0.2) is 5.43 Å². The average Bonchev–Trinajstić information content (AvgIpc) is 2.48. The van der Waals surface area contributed by atoms with Crippen LogP contribution in [0.15, 0.2) is 59.7 Å². The first kappa shape index (κ1) is 15.8. The minimum absolute atomic E-state index is 0.223. The molecule has 0 saturated carbocycles. The van der Waals surface area contributed by atoms with E-state index in [2.05, 4.69) is 10.5 Å². The highest BCUT2D eigenvalue weighted by atomic mass is 16.5. The molecule has 2 rings (SSSR count). The Morgan fingerprint density at radius 2 is 1.68 bits per heavy atom. The molecule has 0 aliphatic rings. The van der Waals surface area contributed by atoms with Gasteiger partial charge in [-0.2, -0.15) is 5.10 Å². The fourth-order valence-corrected chi connectivity index (χ4v) is 1.80. The number of nitrogens with zero attached hydrogens (tertiary/aromatic N) is 1. The highest BCUT2D eigenvalue weighted by Crippen LogP contribution is 2.17. The summed E-state index contributed by atoms with van der Waals surface area (Å²) in [5, 5.41) is 3.96. The molecule has 114 valence electrons.